The number of thioether (sulfide) groups is 1. The van der Waals surface area contributed by atoms with Crippen LogP contribution in [-0.4, -0.2) is 105 Å². The number of amides is 1. The maximum Gasteiger partial charge on any atom is 0.294 e. The number of nitrogens with one attached hydrogen (secondary N) is 2. The van der Waals surface area contributed by atoms with Crippen LogP contribution in [0.4, 0.5) is 11.4 Å². The average molecular weight is 832 g/mol. The van der Waals surface area contributed by atoms with Gasteiger partial charge in [-0.15, -0.1) is 21.3 Å². The van der Waals surface area contributed by atoms with Gasteiger partial charge in [0.15, 0.2) is 0 Å². The Morgan fingerprint density at radius 1 is 1.02 bits per heavy atom. The molecule has 0 saturated carbocycles. The molecule has 0 bridgehead atoms. The minimum absolute atomic E-state index is 0.0941. The van der Waals surface area contributed by atoms with Gasteiger partial charge in [0.05, 0.1) is 9.82 Å². The fraction of sp³-hybridized carbons (Fsp3) is 0.326. The van der Waals surface area contributed by atoms with Gasteiger partial charge in [0, 0.05) is 78.4 Å². The lowest BCUT2D eigenvalue weighted by Gasteiger charge is -2.40. The van der Waals surface area contributed by atoms with Crippen LogP contribution in [0.25, 0.3) is 11.1 Å². The molecule has 2 atom stereocenters. The fourth-order valence-corrected chi connectivity index (χ4v) is 9.65. The molecule has 4 aromatic rings. The summed E-state index contributed by atoms with van der Waals surface area (Å²) in [7, 11) is -1.12. The first-order valence-electron chi connectivity index (χ1n) is 19.0. The molecule has 1 saturated heterocycles. The van der Waals surface area contributed by atoms with Gasteiger partial charge in [0.1, 0.15) is 5.69 Å². The molecular weight excluding hydrogens is 780 g/mol. The van der Waals surface area contributed by atoms with Gasteiger partial charge in [0.2, 0.25) is 0 Å². The number of halogens is 1. The van der Waals surface area contributed by atoms with Crippen molar-refractivity contribution in [2.75, 3.05) is 64.1 Å². The molecule has 0 aromatic heterocycles. The van der Waals surface area contributed by atoms with Gasteiger partial charge in [-0.05, 0) is 86.6 Å². The highest BCUT2D eigenvalue weighted by atomic mass is 35.5. The summed E-state index contributed by atoms with van der Waals surface area (Å²) in [5.41, 5.74) is 3.76. The van der Waals surface area contributed by atoms with Crippen molar-refractivity contribution in [1.82, 2.24) is 19.4 Å². The number of nitrogens with zero attached hydrogens (tertiary/aromatic N) is 4. The topological polar surface area (TPSA) is 131 Å². The zero-order valence-electron chi connectivity index (χ0n) is 32.6. The summed E-state index contributed by atoms with van der Waals surface area (Å²) in [4.78, 5) is 32.9. The second-order valence-electron chi connectivity index (χ2n) is 15.0. The molecule has 1 unspecified atom stereocenters. The van der Waals surface area contributed by atoms with Crippen LogP contribution >= 0.6 is 23.4 Å². The van der Waals surface area contributed by atoms with E-state index in [9.17, 15) is 23.7 Å². The highest BCUT2D eigenvalue weighted by Crippen LogP contribution is 2.35. The van der Waals surface area contributed by atoms with Gasteiger partial charge < -0.3 is 10.2 Å². The van der Waals surface area contributed by atoms with Crippen LogP contribution in [0.3, 0.4) is 0 Å². The summed E-state index contributed by atoms with van der Waals surface area (Å²) in [6.45, 7) is 5.11. The van der Waals surface area contributed by atoms with Crippen molar-refractivity contribution >= 4 is 50.2 Å². The lowest BCUT2D eigenvalue weighted by Crippen LogP contribution is -2.50. The van der Waals surface area contributed by atoms with E-state index in [0.29, 0.717) is 17.2 Å². The molecule has 2 aliphatic rings. The maximum absolute atomic E-state index is 14.1. The van der Waals surface area contributed by atoms with E-state index < -0.39 is 20.4 Å². The number of anilines is 1. The first kappa shape index (κ1) is 42.3. The molecule has 4 aromatic carbocycles. The van der Waals surface area contributed by atoms with Crippen LogP contribution in [0.15, 0.2) is 131 Å². The molecule has 11 nitrogen and oxygen atoms in total. The van der Waals surface area contributed by atoms with E-state index in [2.05, 4.69) is 61.1 Å². The predicted octanol–water partition coefficient (Wildman–Crippen LogP) is 7.83. The van der Waals surface area contributed by atoms with E-state index in [1.165, 1.54) is 23.3 Å². The average Bonchev–Trinajstić information content (AvgIpc) is 3.20. The van der Waals surface area contributed by atoms with Gasteiger partial charge in [-0.25, -0.2) is 0 Å². The van der Waals surface area contributed by atoms with E-state index in [0.717, 1.165) is 68.5 Å². The summed E-state index contributed by atoms with van der Waals surface area (Å²) in [6, 6.07) is 30.2. The van der Waals surface area contributed by atoms with Crippen LogP contribution in [0, 0.1) is 10.1 Å². The van der Waals surface area contributed by atoms with E-state index in [1.54, 1.807) is 23.9 Å². The first-order chi connectivity index (χ1) is 27.2. The summed E-state index contributed by atoms with van der Waals surface area (Å²) in [5, 5.41) is 16.3. The second-order valence-corrected chi connectivity index (χ2v) is 19.8. The van der Waals surface area contributed by atoms with Crippen molar-refractivity contribution in [3.05, 3.63) is 142 Å². The predicted molar refractivity (Wildman–Crippen MR) is 233 cm³/mol. The minimum atomic E-state index is -5.06. The van der Waals surface area contributed by atoms with Crippen molar-refractivity contribution in [1.29, 1.82) is 0 Å². The quantitative estimate of drug-likeness (QED) is 0.0584. The van der Waals surface area contributed by atoms with Crippen molar-refractivity contribution < 1.29 is 18.5 Å². The Bertz CT molecular complexity index is 2170. The highest BCUT2D eigenvalue weighted by molar-refractivity contribution is 8.13. The van der Waals surface area contributed by atoms with Gasteiger partial charge >= 0.3 is 0 Å². The molecule has 0 radical (unpaired) electrons. The van der Waals surface area contributed by atoms with Gasteiger partial charge in [0.25, 0.3) is 11.6 Å². The molecule has 14 heteroatoms. The second kappa shape index (κ2) is 18.5. The van der Waals surface area contributed by atoms with E-state index >= 15 is 0 Å². The van der Waals surface area contributed by atoms with Crippen molar-refractivity contribution in [2.24, 2.45) is 0 Å². The number of piperazine rings is 1. The zero-order valence-corrected chi connectivity index (χ0v) is 34.9. The maximum atomic E-state index is 14.1. The molecular formula is C43H51ClN6O5S2. The number of nitro groups is 1. The lowest BCUT2D eigenvalue weighted by molar-refractivity contribution is -0.384. The molecule has 0 spiro atoms. The van der Waals surface area contributed by atoms with Crippen molar-refractivity contribution in [3.8, 4) is 11.1 Å². The summed E-state index contributed by atoms with van der Waals surface area (Å²) >= 11 is 7.77. The Morgan fingerprint density at radius 3 is 2.39 bits per heavy atom. The molecule has 1 aliphatic carbocycles. The summed E-state index contributed by atoms with van der Waals surface area (Å²) in [6.07, 6.45) is 7.76. The van der Waals surface area contributed by atoms with Gasteiger partial charge in [-0.1, -0.05) is 84.4 Å². The highest BCUT2D eigenvalue weighted by Gasteiger charge is 2.32. The number of rotatable bonds is 16. The van der Waals surface area contributed by atoms with E-state index in [1.807, 2.05) is 62.6 Å². The normalized spacial score (nSPS) is 17.7. The number of benzene rings is 4. The Hall–Kier alpha value is -4.34. The molecule has 6 rings (SSSR count). The van der Waals surface area contributed by atoms with Crippen LogP contribution in [0.1, 0.15) is 18.4 Å². The third-order valence-corrected chi connectivity index (χ3v) is 13.8. The van der Waals surface area contributed by atoms with Crippen molar-refractivity contribution in [2.45, 2.75) is 41.3 Å². The first-order valence-corrected chi connectivity index (χ1v) is 22.7. The third kappa shape index (κ3) is 11.4. The molecule has 57 heavy (non-hydrogen) atoms. The molecule has 302 valence electrons. The number of hydrogen-bond acceptors (Lipinski definition) is 9. The lowest BCUT2D eigenvalue weighted by atomic mass is 9.98. The number of carbonyl (C=O) groups excluding carboxylic acids is 1. The molecule has 3 N–H and O–H groups in total. The zero-order chi connectivity index (χ0) is 40.6. The van der Waals surface area contributed by atoms with Crippen LogP contribution < -0.4 is 10.0 Å². The minimum Gasteiger partial charge on any atom is -0.376 e. The molecule has 1 heterocycles. The van der Waals surface area contributed by atoms with Gasteiger partial charge in [-0.2, -0.15) is 4.21 Å². The van der Waals surface area contributed by atoms with E-state index in [4.69, 9.17) is 11.6 Å². The smallest absolute Gasteiger partial charge is 0.294 e. The van der Waals surface area contributed by atoms with Crippen LogP contribution in [0.2, 0.25) is 5.02 Å². The third-order valence-electron chi connectivity index (χ3n) is 10.3. The Balaban J connectivity index is 1.05. The van der Waals surface area contributed by atoms with Crippen molar-refractivity contribution in [3.63, 3.8) is 0 Å². The SMILES string of the molecule is CN(C)CC[C@H](CSc1ccccc1)Nc1ccc(S(C)(=O)(O)NC(=O)C2=CCC(N3CCN(Cc4ccccc4-c4ccc(Cl)cc4)CC3)C=C2)cc1[N+](=O)[O-]. The molecule has 1 aliphatic heterocycles. The summed E-state index contributed by atoms with van der Waals surface area (Å²) in [5.74, 6) is -0.0664. The largest absolute Gasteiger partial charge is 0.376 e. The Labute approximate surface area is 344 Å². The molecule has 1 amide bonds. The Morgan fingerprint density at radius 2 is 1.72 bits per heavy atom. The molecule has 1 fully saturated rings. The van der Waals surface area contributed by atoms with Crippen LogP contribution in [-0.2, 0) is 20.9 Å². The van der Waals surface area contributed by atoms with Gasteiger partial charge in [-0.3, -0.25) is 34.0 Å². The summed E-state index contributed by atoms with van der Waals surface area (Å²) < 4.78 is 27.9. The number of nitro benzene ring substituents is 1. The van der Waals surface area contributed by atoms with E-state index in [-0.39, 0.29) is 33.9 Å². The van der Waals surface area contributed by atoms with Crippen LogP contribution in [0.5, 0.6) is 0 Å². The monoisotopic (exact) mass is 830 g/mol. The number of carbonyl (C=O) groups is 1. The Kier molecular flexibility index (Phi) is 13.7. The standard InChI is InChI=1S/C43H51ClN6O5S2/c1-47(2)24-23-36(31-56-38-10-5-4-6-11-38)45-41-22-21-39(29-42(41)50(52)53)57(3,54,55)46-43(51)33-15-19-37(20-16-33)49-27-25-48(26-28-49)30-34-9-7-8-12-40(34)32-13-17-35(44)18-14-32/h4-19,21-22,29,36-37,45H,20,23-28,30-31H2,1-3H3,(H2,46,51,54,55)/t36-,37?/m1/s1. The number of hydrogen-bond donors (Lipinski definition) is 3. The fourth-order valence-electron chi connectivity index (χ4n) is 7.08.